The molecule has 3 aromatic rings. The SMILES string of the molecule is Cn1nc(-c2cc3c(C(F)(F)F)cccc3[nH]2)cc1C(=O)O. The minimum absolute atomic E-state index is 0.0209. The number of aromatic amines is 1. The normalized spacial score (nSPS) is 12.0. The molecule has 0 aliphatic carbocycles. The molecule has 2 aromatic heterocycles. The Bertz CT molecular complexity index is 877. The molecule has 5 nitrogen and oxygen atoms in total. The summed E-state index contributed by atoms with van der Waals surface area (Å²) in [5.74, 6) is -1.16. The van der Waals surface area contributed by atoms with Crippen molar-refractivity contribution in [3.8, 4) is 11.4 Å². The molecule has 0 fully saturated rings. The highest BCUT2D eigenvalue weighted by molar-refractivity contribution is 5.90. The maximum Gasteiger partial charge on any atom is 0.417 e. The van der Waals surface area contributed by atoms with Crippen molar-refractivity contribution in [2.24, 2.45) is 7.05 Å². The highest BCUT2D eigenvalue weighted by Crippen LogP contribution is 2.36. The van der Waals surface area contributed by atoms with Crippen molar-refractivity contribution in [3.05, 3.63) is 41.6 Å². The Hall–Kier alpha value is -2.77. The highest BCUT2D eigenvalue weighted by atomic mass is 19.4. The summed E-state index contributed by atoms with van der Waals surface area (Å²) in [6, 6.07) is 6.47. The number of aromatic carboxylic acids is 1. The number of alkyl halides is 3. The van der Waals surface area contributed by atoms with Crippen LogP contribution in [0.15, 0.2) is 30.3 Å². The number of hydrogen-bond donors (Lipinski definition) is 2. The van der Waals surface area contributed by atoms with Crippen LogP contribution in [0.25, 0.3) is 22.3 Å². The summed E-state index contributed by atoms with van der Waals surface area (Å²) in [6.45, 7) is 0. The van der Waals surface area contributed by atoms with Gasteiger partial charge in [0.25, 0.3) is 0 Å². The van der Waals surface area contributed by atoms with Crippen molar-refractivity contribution in [1.29, 1.82) is 0 Å². The highest BCUT2D eigenvalue weighted by Gasteiger charge is 2.33. The summed E-state index contributed by atoms with van der Waals surface area (Å²) in [7, 11) is 1.46. The molecule has 0 saturated heterocycles. The first-order chi connectivity index (χ1) is 10.3. The number of nitrogens with one attached hydrogen (secondary N) is 1. The van der Waals surface area contributed by atoms with Gasteiger partial charge in [0, 0.05) is 24.0 Å². The summed E-state index contributed by atoms with van der Waals surface area (Å²) >= 11 is 0. The number of hydrogen-bond acceptors (Lipinski definition) is 2. The Labute approximate surface area is 122 Å². The molecule has 0 atom stereocenters. The fourth-order valence-electron chi connectivity index (χ4n) is 2.34. The number of nitrogens with zero attached hydrogens (tertiary/aromatic N) is 2. The van der Waals surface area contributed by atoms with E-state index in [2.05, 4.69) is 10.1 Å². The Morgan fingerprint density at radius 3 is 2.64 bits per heavy atom. The van der Waals surface area contributed by atoms with Gasteiger partial charge in [-0.15, -0.1) is 0 Å². The first-order valence-corrected chi connectivity index (χ1v) is 6.24. The zero-order valence-corrected chi connectivity index (χ0v) is 11.3. The molecule has 0 aliphatic rings. The van der Waals surface area contributed by atoms with E-state index in [9.17, 15) is 18.0 Å². The van der Waals surface area contributed by atoms with Gasteiger partial charge < -0.3 is 10.1 Å². The zero-order valence-electron chi connectivity index (χ0n) is 11.3. The van der Waals surface area contributed by atoms with E-state index in [1.165, 1.54) is 31.3 Å². The van der Waals surface area contributed by atoms with E-state index < -0.39 is 17.7 Å². The summed E-state index contributed by atoms with van der Waals surface area (Å²) in [6.07, 6.45) is -4.46. The van der Waals surface area contributed by atoms with Crippen LogP contribution in [-0.4, -0.2) is 25.8 Å². The minimum Gasteiger partial charge on any atom is -0.477 e. The molecular weight excluding hydrogens is 299 g/mol. The predicted molar refractivity (Wildman–Crippen MR) is 72.5 cm³/mol. The van der Waals surface area contributed by atoms with Gasteiger partial charge in [-0.05, 0) is 18.2 Å². The van der Waals surface area contributed by atoms with Gasteiger partial charge in [0.2, 0.25) is 0 Å². The minimum atomic E-state index is -4.46. The number of benzene rings is 1. The molecule has 114 valence electrons. The third kappa shape index (κ3) is 2.22. The van der Waals surface area contributed by atoms with Crippen molar-refractivity contribution in [3.63, 3.8) is 0 Å². The van der Waals surface area contributed by atoms with Crippen LogP contribution < -0.4 is 0 Å². The molecule has 0 unspecified atom stereocenters. The van der Waals surface area contributed by atoms with Crippen LogP contribution in [0.3, 0.4) is 0 Å². The van der Waals surface area contributed by atoms with E-state index in [1.807, 2.05) is 0 Å². The summed E-state index contributed by atoms with van der Waals surface area (Å²) < 4.78 is 40.1. The van der Waals surface area contributed by atoms with Crippen LogP contribution in [0.2, 0.25) is 0 Å². The van der Waals surface area contributed by atoms with E-state index in [0.717, 1.165) is 10.7 Å². The third-order valence-electron chi connectivity index (χ3n) is 3.34. The molecule has 0 spiro atoms. The molecule has 3 rings (SSSR count). The molecule has 0 aliphatic heterocycles. The number of halogens is 3. The number of rotatable bonds is 2. The Morgan fingerprint density at radius 2 is 2.05 bits per heavy atom. The molecule has 2 heterocycles. The van der Waals surface area contributed by atoms with Gasteiger partial charge in [-0.1, -0.05) is 6.07 Å². The molecule has 0 amide bonds. The summed E-state index contributed by atoms with van der Waals surface area (Å²) in [5, 5.41) is 13.0. The van der Waals surface area contributed by atoms with E-state index >= 15 is 0 Å². The van der Waals surface area contributed by atoms with Crippen molar-refractivity contribution in [2.75, 3.05) is 0 Å². The van der Waals surface area contributed by atoms with Gasteiger partial charge in [0.1, 0.15) is 11.4 Å². The monoisotopic (exact) mass is 309 g/mol. The number of aryl methyl sites for hydroxylation is 1. The number of H-pyrrole nitrogens is 1. The number of carbonyl (C=O) groups is 1. The van der Waals surface area contributed by atoms with Gasteiger partial charge >= 0.3 is 12.1 Å². The first-order valence-electron chi connectivity index (χ1n) is 6.24. The first kappa shape index (κ1) is 14.2. The second kappa shape index (κ2) is 4.62. The Morgan fingerprint density at radius 1 is 1.32 bits per heavy atom. The topological polar surface area (TPSA) is 70.9 Å². The molecule has 0 saturated carbocycles. The van der Waals surface area contributed by atoms with Gasteiger partial charge in [-0.25, -0.2) is 4.79 Å². The second-order valence-electron chi connectivity index (χ2n) is 4.79. The Kier molecular flexibility index (Phi) is 2.98. The van der Waals surface area contributed by atoms with Crippen LogP contribution >= 0.6 is 0 Å². The molecule has 0 bridgehead atoms. The zero-order chi connectivity index (χ0) is 16.1. The van der Waals surface area contributed by atoms with Gasteiger partial charge in [-0.3, -0.25) is 4.68 Å². The molecule has 2 N–H and O–H groups in total. The molecule has 1 aromatic carbocycles. The van der Waals surface area contributed by atoms with Gasteiger partial charge in [-0.2, -0.15) is 18.3 Å². The fraction of sp³-hybridized carbons (Fsp3) is 0.143. The molecule has 8 heteroatoms. The average molecular weight is 309 g/mol. The quantitative estimate of drug-likeness (QED) is 0.763. The number of carboxylic acid groups (broad SMARTS) is 1. The summed E-state index contributed by atoms with van der Waals surface area (Å²) in [4.78, 5) is 13.8. The lowest BCUT2D eigenvalue weighted by Crippen LogP contribution is -2.04. The molecule has 22 heavy (non-hydrogen) atoms. The van der Waals surface area contributed by atoms with Crippen molar-refractivity contribution in [2.45, 2.75) is 6.18 Å². The van der Waals surface area contributed by atoms with E-state index in [-0.39, 0.29) is 16.8 Å². The average Bonchev–Trinajstić information content (AvgIpc) is 2.99. The number of carboxylic acids is 1. The lowest BCUT2D eigenvalue weighted by molar-refractivity contribution is -0.136. The van der Waals surface area contributed by atoms with Crippen LogP contribution in [0, 0.1) is 0 Å². The standard InChI is InChI=1S/C14H10F3N3O2/c1-20-12(13(21)22)6-11(19-20)10-5-7-8(14(15,16)17)3-2-4-9(7)18-10/h2-6,18H,1H3,(H,21,22). The number of fused-ring (bicyclic) bond motifs is 1. The van der Waals surface area contributed by atoms with Gasteiger partial charge in [0.05, 0.1) is 11.3 Å². The van der Waals surface area contributed by atoms with Crippen molar-refractivity contribution in [1.82, 2.24) is 14.8 Å². The van der Waals surface area contributed by atoms with Crippen molar-refractivity contribution < 1.29 is 23.1 Å². The van der Waals surface area contributed by atoms with Crippen LogP contribution in [0.5, 0.6) is 0 Å². The van der Waals surface area contributed by atoms with Crippen LogP contribution in [-0.2, 0) is 13.2 Å². The molecule has 0 radical (unpaired) electrons. The lowest BCUT2D eigenvalue weighted by Gasteiger charge is -2.06. The Balaban J connectivity index is 2.17. The second-order valence-corrected chi connectivity index (χ2v) is 4.79. The van der Waals surface area contributed by atoms with E-state index in [1.54, 1.807) is 0 Å². The predicted octanol–water partition coefficient (Wildman–Crippen LogP) is 3.29. The maximum atomic E-state index is 13.0. The summed E-state index contributed by atoms with van der Waals surface area (Å²) in [5.41, 5.74) is 0.109. The largest absolute Gasteiger partial charge is 0.477 e. The van der Waals surface area contributed by atoms with E-state index in [4.69, 9.17) is 5.11 Å². The van der Waals surface area contributed by atoms with Crippen LogP contribution in [0.1, 0.15) is 16.1 Å². The smallest absolute Gasteiger partial charge is 0.417 e. The third-order valence-corrected chi connectivity index (χ3v) is 3.34. The van der Waals surface area contributed by atoms with Gasteiger partial charge in [0.15, 0.2) is 0 Å². The number of aromatic nitrogens is 3. The fourth-order valence-corrected chi connectivity index (χ4v) is 2.34. The van der Waals surface area contributed by atoms with Crippen molar-refractivity contribution >= 4 is 16.9 Å². The van der Waals surface area contributed by atoms with E-state index in [0.29, 0.717) is 11.2 Å². The maximum absolute atomic E-state index is 13.0. The lowest BCUT2D eigenvalue weighted by atomic mass is 10.1. The van der Waals surface area contributed by atoms with Crippen LogP contribution in [0.4, 0.5) is 13.2 Å². The molecular formula is C14H10F3N3O2.